The van der Waals surface area contributed by atoms with Crippen LogP contribution in [0.2, 0.25) is 0 Å². The molecule has 3 aromatic rings. The standard InChI is InChI=1S/C24H25N3O4S/c1-2-16-32(30,31)27-21-15-9-12-19(17-21)23(28)26-22(18-10-5-3-6-11-18)24(29)25-20-13-7-4-8-14-20/h3-15,17,22,27H,2,16H2,1H3,(H,25,29)(H,26,28). The molecule has 0 bridgehead atoms. The number of carbonyl (C=O) groups excluding carboxylic acids is 2. The van der Waals surface area contributed by atoms with Gasteiger partial charge in [-0.15, -0.1) is 0 Å². The smallest absolute Gasteiger partial charge is 0.252 e. The Hall–Kier alpha value is -3.65. The second-order valence-electron chi connectivity index (χ2n) is 7.17. The van der Waals surface area contributed by atoms with Gasteiger partial charge in [-0.2, -0.15) is 0 Å². The fraction of sp³-hybridized carbons (Fsp3) is 0.167. The van der Waals surface area contributed by atoms with Crippen LogP contribution in [-0.4, -0.2) is 26.0 Å². The molecule has 0 spiro atoms. The number of rotatable bonds is 9. The summed E-state index contributed by atoms with van der Waals surface area (Å²) < 4.78 is 26.6. The lowest BCUT2D eigenvalue weighted by Crippen LogP contribution is -2.37. The number of carbonyl (C=O) groups is 2. The van der Waals surface area contributed by atoms with Gasteiger partial charge in [0.25, 0.3) is 11.8 Å². The Morgan fingerprint density at radius 3 is 2.12 bits per heavy atom. The van der Waals surface area contributed by atoms with Crippen molar-refractivity contribution >= 4 is 33.2 Å². The largest absolute Gasteiger partial charge is 0.336 e. The third-order valence-corrected chi connectivity index (χ3v) is 6.08. The van der Waals surface area contributed by atoms with E-state index in [-0.39, 0.29) is 17.0 Å². The first kappa shape index (κ1) is 23.0. The predicted molar refractivity (Wildman–Crippen MR) is 126 cm³/mol. The zero-order valence-corrected chi connectivity index (χ0v) is 18.4. The van der Waals surface area contributed by atoms with Crippen LogP contribution in [0.25, 0.3) is 0 Å². The highest BCUT2D eigenvalue weighted by molar-refractivity contribution is 7.92. The van der Waals surface area contributed by atoms with Crippen molar-refractivity contribution in [3.63, 3.8) is 0 Å². The summed E-state index contributed by atoms with van der Waals surface area (Å²) >= 11 is 0. The topological polar surface area (TPSA) is 104 Å². The van der Waals surface area contributed by atoms with Gasteiger partial charge in [-0.25, -0.2) is 8.42 Å². The van der Waals surface area contributed by atoms with Crippen LogP contribution in [0.5, 0.6) is 0 Å². The fourth-order valence-electron chi connectivity index (χ4n) is 3.12. The van der Waals surface area contributed by atoms with Crippen LogP contribution < -0.4 is 15.4 Å². The van der Waals surface area contributed by atoms with E-state index in [0.717, 1.165) is 0 Å². The molecule has 0 saturated heterocycles. The SMILES string of the molecule is CCCS(=O)(=O)Nc1cccc(C(=O)NC(C(=O)Nc2ccccc2)c2ccccc2)c1. The number of para-hydroxylation sites is 1. The van der Waals surface area contributed by atoms with Crippen molar-refractivity contribution in [2.24, 2.45) is 0 Å². The summed E-state index contributed by atoms with van der Waals surface area (Å²) in [6.07, 6.45) is 0.477. The predicted octanol–water partition coefficient (Wildman–Crippen LogP) is 3.95. The van der Waals surface area contributed by atoms with Gasteiger partial charge in [0.2, 0.25) is 10.0 Å². The third kappa shape index (κ3) is 6.42. The Morgan fingerprint density at radius 1 is 0.844 bits per heavy atom. The Labute approximate surface area is 187 Å². The quantitative estimate of drug-likeness (QED) is 0.458. The lowest BCUT2D eigenvalue weighted by atomic mass is 10.0. The Morgan fingerprint density at radius 2 is 1.47 bits per heavy atom. The summed E-state index contributed by atoms with van der Waals surface area (Å²) in [5, 5.41) is 5.57. The fourth-order valence-corrected chi connectivity index (χ4v) is 4.24. The minimum absolute atomic E-state index is 0.0147. The Balaban J connectivity index is 1.81. The van der Waals surface area contributed by atoms with Gasteiger partial charge in [0, 0.05) is 16.9 Å². The van der Waals surface area contributed by atoms with Crippen molar-refractivity contribution in [1.82, 2.24) is 5.32 Å². The van der Waals surface area contributed by atoms with Crippen molar-refractivity contribution in [1.29, 1.82) is 0 Å². The second kappa shape index (κ2) is 10.6. The molecular weight excluding hydrogens is 426 g/mol. The highest BCUT2D eigenvalue weighted by atomic mass is 32.2. The summed E-state index contributed by atoms with van der Waals surface area (Å²) in [5.41, 5.74) is 1.75. The van der Waals surface area contributed by atoms with Crippen LogP contribution in [0, 0.1) is 0 Å². The first-order valence-corrected chi connectivity index (χ1v) is 11.9. The van der Waals surface area contributed by atoms with E-state index in [0.29, 0.717) is 17.7 Å². The normalized spacial score (nSPS) is 11.9. The molecule has 0 aliphatic rings. The highest BCUT2D eigenvalue weighted by Gasteiger charge is 2.23. The monoisotopic (exact) mass is 451 g/mol. The molecule has 0 aliphatic heterocycles. The van der Waals surface area contributed by atoms with E-state index in [1.165, 1.54) is 6.07 Å². The van der Waals surface area contributed by atoms with Crippen LogP contribution in [0.15, 0.2) is 84.9 Å². The lowest BCUT2D eigenvalue weighted by molar-refractivity contribution is -0.118. The molecule has 3 N–H and O–H groups in total. The Kier molecular flexibility index (Phi) is 7.62. The molecule has 7 nitrogen and oxygen atoms in total. The summed E-state index contributed by atoms with van der Waals surface area (Å²) in [5.74, 6) is -0.909. The van der Waals surface area contributed by atoms with Crippen molar-refractivity contribution in [3.05, 3.63) is 96.1 Å². The number of nitrogens with one attached hydrogen (secondary N) is 3. The molecule has 0 radical (unpaired) electrons. The zero-order valence-electron chi connectivity index (χ0n) is 17.6. The van der Waals surface area contributed by atoms with Gasteiger partial charge < -0.3 is 10.6 Å². The molecule has 0 fully saturated rings. The highest BCUT2D eigenvalue weighted by Crippen LogP contribution is 2.18. The van der Waals surface area contributed by atoms with E-state index in [1.54, 1.807) is 73.7 Å². The molecule has 8 heteroatoms. The van der Waals surface area contributed by atoms with Crippen LogP contribution >= 0.6 is 0 Å². The molecular formula is C24H25N3O4S. The van der Waals surface area contributed by atoms with E-state index >= 15 is 0 Å². The van der Waals surface area contributed by atoms with Crippen molar-refractivity contribution < 1.29 is 18.0 Å². The average molecular weight is 452 g/mol. The summed E-state index contributed by atoms with van der Waals surface area (Å²) in [6, 6.07) is 23.1. The van der Waals surface area contributed by atoms with E-state index in [9.17, 15) is 18.0 Å². The van der Waals surface area contributed by atoms with Gasteiger partial charge in [0.15, 0.2) is 0 Å². The molecule has 32 heavy (non-hydrogen) atoms. The number of benzene rings is 3. The molecule has 1 unspecified atom stereocenters. The van der Waals surface area contributed by atoms with Gasteiger partial charge in [0.1, 0.15) is 6.04 Å². The maximum Gasteiger partial charge on any atom is 0.252 e. The number of hydrogen-bond acceptors (Lipinski definition) is 4. The molecule has 0 heterocycles. The van der Waals surface area contributed by atoms with E-state index in [4.69, 9.17) is 0 Å². The van der Waals surface area contributed by atoms with Crippen LogP contribution in [0.4, 0.5) is 11.4 Å². The van der Waals surface area contributed by atoms with Gasteiger partial charge in [-0.05, 0) is 42.3 Å². The second-order valence-corrected chi connectivity index (χ2v) is 9.02. The summed E-state index contributed by atoms with van der Waals surface area (Å²) in [7, 11) is -3.49. The first-order chi connectivity index (χ1) is 15.4. The first-order valence-electron chi connectivity index (χ1n) is 10.2. The number of amides is 2. The summed E-state index contributed by atoms with van der Waals surface area (Å²) in [4.78, 5) is 25.9. The molecule has 166 valence electrons. The minimum Gasteiger partial charge on any atom is -0.336 e. The number of hydrogen-bond donors (Lipinski definition) is 3. The van der Waals surface area contributed by atoms with Crippen LogP contribution in [-0.2, 0) is 14.8 Å². The summed E-state index contributed by atoms with van der Waals surface area (Å²) in [6.45, 7) is 1.77. The van der Waals surface area contributed by atoms with E-state index in [1.807, 2.05) is 12.1 Å². The Bertz CT molecular complexity index is 1170. The average Bonchev–Trinajstić information content (AvgIpc) is 2.78. The van der Waals surface area contributed by atoms with Crippen molar-refractivity contribution in [3.8, 4) is 0 Å². The molecule has 3 aromatic carbocycles. The molecule has 0 aromatic heterocycles. The van der Waals surface area contributed by atoms with Crippen molar-refractivity contribution in [2.75, 3.05) is 15.8 Å². The van der Waals surface area contributed by atoms with E-state index < -0.39 is 27.9 Å². The number of anilines is 2. The number of sulfonamides is 1. The third-order valence-electron chi connectivity index (χ3n) is 4.58. The maximum atomic E-state index is 13.0. The lowest BCUT2D eigenvalue weighted by Gasteiger charge is -2.19. The van der Waals surface area contributed by atoms with E-state index in [2.05, 4.69) is 15.4 Å². The molecule has 0 saturated carbocycles. The van der Waals surface area contributed by atoms with Gasteiger partial charge >= 0.3 is 0 Å². The van der Waals surface area contributed by atoms with Gasteiger partial charge in [0.05, 0.1) is 5.75 Å². The maximum absolute atomic E-state index is 13.0. The minimum atomic E-state index is -3.49. The molecule has 3 rings (SSSR count). The van der Waals surface area contributed by atoms with Gasteiger partial charge in [-0.3, -0.25) is 14.3 Å². The molecule has 0 aliphatic carbocycles. The van der Waals surface area contributed by atoms with Gasteiger partial charge in [-0.1, -0.05) is 61.5 Å². The molecule has 1 atom stereocenters. The van der Waals surface area contributed by atoms with Crippen molar-refractivity contribution in [2.45, 2.75) is 19.4 Å². The van der Waals surface area contributed by atoms with Crippen LogP contribution in [0.3, 0.4) is 0 Å². The zero-order chi connectivity index (χ0) is 23.0. The van der Waals surface area contributed by atoms with Crippen LogP contribution in [0.1, 0.15) is 35.3 Å². The molecule has 2 amide bonds.